The van der Waals surface area contributed by atoms with Gasteiger partial charge in [-0.25, -0.2) is 0 Å². The Hall–Kier alpha value is -1.71. The molecule has 0 atom stereocenters. The highest BCUT2D eigenvalue weighted by Crippen LogP contribution is 2.38. The molecule has 0 bridgehead atoms. The Balaban J connectivity index is 2.38. The van der Waals surface area contributed by atoms with Crippen LogP contribution >= 0.6 is 23.2 Å². The van der Waals surface area contributed by atoms with E-state index in [1.807, 2.05) is 24.3 Å². The largest absolute Gasteiger partial charge is 0.456 e. The third-order valence-corrected chi connectivity index (χ3v) is 3.38. The van der Waals surface area contributed by atoms with Gasteiger partial charge in [-0.1, -0.05) is 29.8 Å². The lowest BCUT2D eigenvalue weighted by Crippen LogP contribution is -1.73. The monoisotopic (exact) mass is 277 g/mol. The number of benzene rings is 2. The molecule has 18 heavy (non-hydrogen) atoms. The van der Waals surface area contributed by atoms with Crippen LogP contribution in [0.25, 0.3) is 33.0 Å². The summed E-state index contributed by atoms with van der Waals surface area (Å²) in [5.74, 6) is 0. The molecular weight excluding hydrogens is 273 g/mol. The predicted octanol–water partition coefficient (Wildman–Crippen LogP) is 5.03. The van der Waals surface area contributed by atoms with Crippen LogP contribution in [-0.2, 0) is 0 Å². The van der Waals surface area contributed by atoms with E-state index in [0.717, 1.165) is 16.4 Å². The maximum Gasteiger partial charge on any atom is 0.293 e. The maximum atomic E-state index is 6.12. The van der Waals surface area contributed by atoms with Gasteiger partial charge in [0.25, 0.3) is 5.35 Å². The van der Waals surface area contributed by atoms with Crippen molar-refractivity contribution in [3.8, 4) is 0 Å². The number of para-hydroxylation sites is 1. The van der Waals surface area contributed by atoms with Crippen LogP contribution in [0.1, 0.15) is 0 Å². The van der Waals surface area contributed by atoms with E-state index in [4.69, 9.17) is 32.0 Å². The zero-order valence-corrected chi connectivity index (χ0v) is 10.4. The third-order valence-electron chi connectivity index (χ3n) is 2.94. The van der Waals surface area contributed by atoms with E-state index in [9.17, 15) is 0 Å². The highest BCUT2D eigenvalue weighted by atomic mass is 35.5. The zero-order valence-electron chi connectivity index (χ0n) is 8.91. The van der Waals surface area contributed by atoms with Crippen LogP contribution < -0.4 is 0 Å². The zero-order chi connectivity index (χ0) is 12.3. The lowest BCUT2D eigenvalue weighted by atomic mass is 10.1. The summed E-state index contributed by atoms with van der Waals surface area (Å²) in [5.41, 5.74) is 2.59. The summed E-state index contributed by atoms with van der Waals surface area (Å²) >= 11 is 11.9. The van der Waals surface area contributed by atoms with Gasteiger partial charge in [0.05, 0.1) is 10.4 Å². The molecule has 5 heteroatoms. The number of furan rings is 1. The molecule has 0 radical (unpaired) electrons. The van der Waals surface area contributed by atoms with E-state index in [1.54, 1.807) is 6.07 Å². The van der Waals surface area contributed by atoms with Crippen LogP contribution in [-0.4, -0.2) is 4.98 Å². The Labute approximate surface area is 111 Å². The average molecular weight is 278 g/mol. The fourth-order valence-electron chi connectivity index (χ4n) is 2.22. The van der Waals surface area contributed by atoms with Gasteiger partial charge in [-0.2, -0.15) is 4.98 Å². The lowest BCUT2D eigenvalue weighted by molar-refractivity contribution is 0.604. The number of rotatable bonds is 0. The Morgan fingerprint density at radius 1 is 1.00 bits per heavy atom. The van der Waals surface area contributed by atoms with Crippen molar-refractivity contribution in [2.75, 3.05) is 0 Å². The van der Waals surface area contributed by atoms with Gasteiger partial charge in [-0.15, -0.1) is 0 Å². The second-order valence-electron chi connectivity index (χ2n) is 3.97. The van der Waals surface area contributed by atoms with Crippen LogP contribution in [0, 0.1) is 0 Å². The number of fused-ring (bicyclic) bond motifs is 5. The molecule has 0 spiro atoms. The van der Waals surface area contributed by atoms with Crippen LogP contribution in [0.4, 0.5) is 0 Å². The molecule has 88 valence electrons. The summed E-state index contributed by atoms with van der Waals surface area (Å²) in [7, 11) is 0. The van der Waals surface area contributed by atoms with Crippen LogP contribution in [0.15, 0.2) is 39.2 Å². The molecule has 0 N–H and O–H groups in total. The first-order valence-corrected chi connectivity index (χ1v) is 6.05. The number of nitrogens with zero attached hydrogens (tertiary/aromatic N) is 1. The Morgan fingerprint density at radius 2 is 1.83 bits per heavy atom. The Kier molecular flexibility index (Phi) is 1.93. The van der Waals surface area contributed by atoms with Gasteiger partial charge in [0.2, 0.25) is 0 Å². The number of hydrogen-bond acceptors (Lipinski definition) is 3. The summed E-state index contributed by atoms with van der Waals surface area (Å²) in [6.45, 7) is 0. The summed E-state index contributed by atoms with van der Waals surface area (Å²) in [6, 6.07) is 9.45. The van der Waals surface area contributed by atoms with Crippen molar-refractivity contribution in [1.82, 2.24) is 4.98 Å². The molecule has 0 aliphatic rings. The minimum atomic E-state index is 0.0738. The number of oxazole rings is 1. The Morgan fingerprint density at radius 3 is 2.72 bits per heavy atom. The molecule has 0 unspecified atom stereocenters. The van der Waals surface area contributed by atoms with Gasteiger partial charge in [0.1, 0.15) is 16.7 Å². The van der Waals surface area contributed by atoms with Crippen LogP contribution in [0.2, 0.25) is 10.4 Å². The molecule has 0 aliphatic heterocycles. The average Bonchev–Trinajstić information content (AvgIpc) is 2.88. The first-order chi connectivity index (χ1) is 8.74. The van der Waals surface area contributed by atoms with Gasteiger partial charge in [-0.05, 0) is 17.7 Å². The minimum Gasteiger partial charge on any atom is -0.456 e. The highest BCUT2D eigenvalue weighted by Gasteiger charge is 2.17. The second-order valence-corrected chi connectivity index (χ2v) is 4.70. The minimum absolute atomic E-state index is 0.0738. The standard InChI is InChI=1S/C13H5Cl2NO2/c14-7-5-9-10(11-12(7)18-13(15)16-11)6-3-1-2-4-8(6)17-9/h1-5H. The van der Waals surface area contributed by atoms with Gasteiger partial charge >= 0.3 is 0 Å². The number of aromatic nitrogens is 1. The van der Waals surface area contributed by atoms with Crippen molar-refractivity contribution in [3.05, 3.63) is 40.7 Å². The molecular formula is C13H5Cl2NO2. The smallest absolute Gasteiger partial charge is 0.293 e. The lowest BCUT2D eigenvalue weighted by Gasteiger charge is -1.92. The van der Waals surface area contributed by atoms with E-state index < -0.39 is 0 Å². The van der Waals surface area contributed by atoms with Crippen molar-refractivity contribution in [3.63, 3.8) is 0 Å². The van der Waals surface area contributed by atoms with Crippen molar-refractivity contribution >= 4 is 56.2 Å². The quantitative estimate of drug-likeness (QED) is 0.452. The molecule has 0 fully saturated rings. The molecule has 4 rings (SSSR count). The van der Waals surface area contributed by atoms with E-state index in [0.29, 0.717) is 21.7 Å². The normalized spacial score (nSPS) is 11.9. The van der Waals surface area contributed by atoms with Crippen molar-refractivity contribution < 1.29 is 8.83 Å². The van der Waals surface area contributed by atoms with Gasteiger partial charge in [0.15, 0.2) is 5.58 Å². The topological polar surface area (TPSA) is 39.2 Å². The maximum absolute atomic E-state index is 6.12. The molecule has 4 aromatic rings. The van der Waals surface area contributed by atoms with E-state index in [1.165, 1.54) is 0 Å². The number of halogens is 2. The van der Waals surface area contributed by atoms with Crippen LogP contribution in [0.3, 0.4) is 0 Å². The SMILES string of the molecule is Clc1nc2c(o1)c(Cl)cc1oc3ccccc3c12. The fraction of sp³-hybridized carbons (Fsp3) is 0. The molecule has 0 amide bonds. The second kappa shape index (κ2) is 3.40. The highest BCUT2D eigenvalue weighted by molar-refractivity contribution is 6.38. The van der Waals surface area contributed by atoms with Gasteiger partial charge in [-0.3, -0.25) is 0 Å². The van der Waals surface area contributed by atoms with E-state index in [2.05, 4.69) is 4.98 Å². The molecule has 0 aliphatic carbocycles. The first-order valence-electron chi connectivity index (χ1n) is 5.30. The molecule has 0 saturated carbocycles. The van der Waals surface area contributed by atoms with Crippen molar-refractivity contribution in [1.29, 1.82) is 0 Å². The molecule has 2 aromatic heterocycles. The fourth-order valence-corrected chi connectivity index (χ4v) is 2.61. The first kappa shape index (κ1) is 10.2. The van der Waals surface area contributed by atoms with Gasteiger partial charge in [0, 0.05) is 11.5 Å². The van der Waals surface area contributed by atoms with Crippen molar-refractivity contribution in [2.45, 2.75) is 0 Å². The van der Waals surface area contributed by atoms with Crippen molar-refractivity contribution in [2.24, 2.45) is 0 Å². The number of hydrogen-bond donors (Lipinski definition) is 0. The summed E-state index contributed by atoms with van der Waals surface area (Å²) in [6.07, 6.45) is 0. The summed E-state index contributed by atoms with van der Waals surface area (Å²) in [5, 5.41) is 2.36. The third kappa shape index (κ3) is 1.23. The molecule has 2 heterocycles. The molecule has 2 aromatic carbocycles. The Bertz CT molecular complexity index is 907. The van der Waals surface area contributed by atoms with E-state index in [-0.39, 0.29) is 5.35 Å². The summed E-state index contributed by atoms with van der Waals surface area (Å²) in [4.78, 5) is 4.18. The molecule has 3 nitrogen and oxygen atoms in total. The predicted molar refractivity (Wildman–Crippen MR) is 71.3 cm³/mol. The van der Waals surface area contributed by atoms with E-state index >= 15 is 0 Å². The van der Waals surface area contributed by atoms with Gasteiger partial charge < -0.3 is 8.83 Å². The summed E-state index contributed by atoms with van der Waals surface area (Å²) < 4.78 is 11.0. The van der Waals surface area contributed by atoms with Crippen LogP contribution in [0.5, 0.6) is 0 Å². The molecule has 0 saturated heterocycles.